The highest BCUT2D eigenvalue weighted by Crippen LogP contribution is 2.45. The summed E-state index contributed by atoms with van der Waals surface area (Å²) < 4.78 is 46.4. The van der Waals surface area contributed by atoms with E-state index in [1.807, 2.05) is 18.2 Å². The molecule has 2 atom stereocenters. The second-order valence-corrected chi connectivity index (χ2v) is 8.04. The van der Waals surface area contributed by atoms with Gasteiger partial charge in [0, 0.05) is 36.1 Å². The Balaban J connectivity index is 1.31. The summed E-state index contributed by atoms with van der Waals surface area (Å²) in [5.74, 6) is -2.39. The van der Waals surface area contributed by atoms with E-state index in [1.54, 1.807) is 0 Å². The molecule has 0 amide bonds. The van der Waals surface area contributed by atoms with Gasteiger partial charge in [-0.15, -0.1) is 0 Å². The zero-order valence-corrected chi connectivity index (χ0v) is 15.7. The fraction of sp³-hybridized carbons (Fsp3) is 0.364. The molecule has 2 fully saturated rings. The predicted molar refractivity (Wildman–Crippen MR) is 101 cm³/mol. The number of aromatic nitrogens is 2. The second kappa shape index (κ2) is 6.99. The first-order chi connectivity index (χ1) is 14.1. The molecule has 2 aromatic carbocycles. The average Bonchev–Trinajstić information content (AvgIpc) is 3.29. The van der Waals surface area contributed by atoms with Crippen LogP contribution < -0.4 is 5.32 Å². The zero-order valence-electron chi connectivity index (χ0n) is 15.7. The molecule has 0 bridgehead atoms. The van der Waals surface area contributed by atoms with E-state index in [0.29, 0.717) is 36.5 Å². The second-order valence-electron chi connectivity index (χ2n) is 8.04. The average molecular weight is 399 g/mol. The maximum absolute atomic E-state index is 14.0. The number of nitrogens with one attached hydrogen (secondary N) is 1. The lowest BCUT2D eigenvalue weighted by Crippen LogP contribution is -2.45. The van der Waals surface area contributed by atoms with E-state index in [9.17, 15) is 13.2 Å². The highest BCUT2D eigenvalue weighted by molar-refractivity contribution is 5.55. The zero-order chi connectivity index (χ0) is 20.0. The molecule has 150 valence electrons. The van der Waals surface area contributed by atoms with Gasteiger partial charge in [0.25, 0.3) is 5.89 Å². The van der Waals surface area contributed by atoms with Crippen LogP contribution in [-0.4, -0.2) is 22.7 Å². The van der Waals surface area contributed by atoms with Crippen LogP contribution in [0, 0.1) is 17.5 Å². The normalized spacial score (nSPS) is 22.3. The summed E-state index contributed by atoms with van der Waals surface area (Å²) in [5, 5.41) is 7.62. The summed E-state index contributed by atoms with van der Waals surface area (Å²) in [6.45, 7) is 0.689. The lowest BCUT2D eigenvalue weighted by molar-refractivity contribution is 0.211. The molecule has 7 heteroatoms. The van der Waals surface area contributed by atoms with Gasteiger partial charge in [0.1, 0.15) is 23.0 Å². The van der Waals surface area contributed by atoms with Crippen LogP contribution in [0.4, 0.5) is 13.2 Å². The maximum Gasteiger partial charge on any atom is 0.263 e. The van der Waals surface area contributed by atoms with Crippen molar-refractivity contribution in [1.82, 2.24) is 15.5 Å². The minimum Gasteiger partial charge on any atom is -0.334 e. The molecule has 2 unspecified atom stereocenters. The van der Waals surface area contributed by atoms with Crippen molar-refractivity contribution in [1.29, 1.82) is 0 Å². The minimum atomic E-state index is -1.05. The molecule has 0 radical (unpaired) electrons. The Morgan fingerprint density at radius 2 is 1.79 bits per heavy atom. The van der Waals surface area contributed by atoms with Gasteiger partial charge in [-0.25, -0.2) is 13.2 Å². The molecule has 3 aromatic rings. The van der Waals surface area contributed by atoms with Gasteiger partial charge in [0.2, 0.25) is 0 Å². The summed E-state index contributed by atoms with van der Waals surface area (Å²) in [4.78, 5) is 4.28. The Kier molecular flexibility index (Phi) is 4.42. The van der Waals surface area contributed by atoms with Crippen molar-refractivity contribution < 1.29 is 17.7 Å². The first-order valence-corrected chi connectivity index (χ1v) is 9.83. The Labute approximate surface area is 166 Å². The smallest absolute Gasteiger partial charge is 0.263 e. The van der Waals surface area contributed by atoms with Crippen molar-refractivity contribution in [2.24, 2.45) is 0 Å². The highest BCUT2D eigenvalue weighted by Gasteiger charge is 2.46. The van der Waals surface area contributed by atoms with Gasteiger partial charge >= 0.3 is 0 Å². The van der Waals surface area contributed by atoms with Gasteiger partial charge in [-0.2, -0.15) is 4.98 Å². The molecular formula is C22H20F3N3O. The molecule has 29 heavy (non-hydrogen) atoms. The van der Waals surface area contributed by atoms with Crippen LogP contribution in [0.3, 0.4) is 0 Å². The molecule has 1 N–H and O–H groups in total. The monoisotopic (exact) mass is 399 g/mol. The van der Waals surface area contributed by atoms with E-state index in [1.165, 1.54) is 5.56 Å². The third-order valence-electron chi connectivity index (χ3n) is 6.15. The quantitative estimate of drug-likeness (QED) is 0.652. The van der Waals surface area contributed by atoms with Gasteiger partial charge in [0.15, 0.2) is 5.82 Å². The molecular weight excluding hydrogens is 379 g/mol. The highest BCUT2D eigenvalue weighted by atomic mass is 19.1. The van der Waals surface area contributed by atoms with Crippen molar-refractivity contribution >= 4 is 0 Å². The molecule has 1 heterocycles. The third kappa shape index (κ3) is 3.33. The Morgan fingerprint density at radius 3 is 2.45 bits per heavy atom. The summed E-state index contributed by atoms with van der Waals surface area (Å²) >= 11 is 0. The van der Waals surface area contributed by atoms with E-state index in [-0.39, 0.29) is 11.3 Å². The van der Waals surface area contributed by atoms with Crippen molar-refractivity contribution in [3.8, 4) is 11.5 Å². The maximum atomic E-state index is 14.0. The number of rotatable bonds is 6. The van der Waals surface area contributed by atoms with Gasteiger partial charge < -0.3 is 9.84 Å². The minimum absolute atomic E-state index is 0.255. The van der Waals surface area contributed by atoms with Crippen molar-refractivity contribution in [2.75, 3.05) is 6.54 Å². The predicted octanol–water partition coefficient (Wildman–Crippen LogP) is 4.72. The number of benzene rings is 2. The third-order valence-corrected chi connectivity index (χ3v) is 6.15. The van der Waals surface area contributed by atoms with Gasteiger partial charge in [-0.05, 0) is 24.8 Å². The van der Waals surface area contributed by atoms with Crippen LogP contribution in [-0.2, 0) is 5.41 Å². The van der Waals surface area contributed by atoms with Crippen LogP contribution in [0.2, 0.25) is 0 Å². The molecule has 2 aliphatic carbocycles. The molecule has 1 aromatic heterocycles. The van der Waals surface area contributed by atoms with Crippen LogP contribution in [0.25, 0.3) is 11.5 Å². The summed E-state index contributed by atoms with van der Waals surface area (Å²) in [6.07, 6.45) is 3.90. The molecule has 0 aliphatic heterocycles. The molecule has 2 saturated carbocycles. The first kappa shape index (κ1) is 18.4. The summed E-state index contributed by atoms with van der Waals surface area (Å²) in [5.41, 5.74) is 0.550. The molecule has 5 rings (SSSR count). The standard InChI is InChI=1S/C22H20F3N3O/c23-14-9-16(24)19(17(25)10-14)20-27-21(28-29-20)22(7-4-8-22)12-26-18-11-15(18)13-5-2-1-3-6-13/h1-3,5-6,9-10,15,18,26H,4,7-8,11-12H2. The van der Waals surface area contributed by atoms with Crippen molar-refractivity contribution in [3.63, 3.8) is 0 Å². The lowest BCUT2D eigenvalue weighted by atomic mass is 9.68. The van der Waals surface area contributed by atoms with Crippen LogP contribution in [0.1, 0.15) is 43.0 Å². The first-order valence-electron chi connectivity index (χ1n) is 9.83. The van der Waals surface area contributed by atoms with E-state index in [2.05, 4.69) is 27.6 Å². The van der Waals surface area contributed by atoms with Crippen LogP contribution in [0.15, 0.2) is 47.0 Å². The van der Waals surface area contributed by atoms with Gasteiger partial charge in [-0.3, -0.25) is 0 Å². The van der Waals surface area contributed by atoms with Crippen LogP contribution in [0.5, 0.6) is 0 Å². The van der Waals surface area contributed by atoms with Gasteiger partial charge in [0.05, 0.1) is 0 Å². The SMILES string of the molecule is Fc1cc(F)c(-c2nc(C3(CNC4CC4c4ccccc4)CCC3)no2)c(F)c1. The number of halogens is 3. The van der Waals surface area contributed by atoms with E-state index >= 15 is 0 Å². The summed E-state index contributed by atoms with van der Waals surface area (Å²) in [6, 6.07) is 12.0. The van der Waals surface area contributed by atoms with Crippen molar-refractivity contribution in [2.45, 2.75) is 43.1 Å². The van der Waals surface area contributed by atoms with Gasteiger partial charge in [-0.1, -0.05) is 41.9 Å². The Morgan fingerprint density at radius 1 is 1.07 bits per heavy atom. The summed E-state index contributed by atoms with van der Waals surface area (Å²) in [7, 11) is 0. The number of hydrogen-bond acceptors (Lipinski definition) is 4. The fourth-order valence-electron chi connectivity index (χ4n) is 4.19. The van der Waals surface area contributed by atoms with Crippen LogP contribution >= 0.6 is 0 Å². The largest absolute Gasteiger partial charge is 0.334 e. The van der Waals surface area contributed by atoms with Crippen molar-refractivity contribution in [3.05, 3.63) is 71.3 Å². The molecule has 0 spiro atoms. The molecule has 2 aliphatic rings. The number of hydrogen-bond donors (Lipinski definition) is 1. The molecule has 4 nitrogen and oxygen atoms in total. The Bertz CT molecular complexity index is 1010. The topological polar surface area (TPSA) is 51.0 Å². The fourth-order valence-corrected chi connectivity index (χ4v) is 4.19. The lowest BCUT2D eigenvalue weighted by Gasteiger charge is -2.39. The van der Waals surface area contributed by atoms with E-state index in [0.717, 1.165) is 25.7 Å². The molecule has 0 saturated heterocycles. The number of nitrogens with zero attached hydrogens (tertiary/aromatic N) is 2. The van der Waals surface area contributed by atoms with E-state index in [4.69, 9.17) is 4.52 Å². The van der Waals surface area contributed by atoms with E-state index < -0.39 is 23.0 Å². The Hall–Kier alpha value is -2.67.